The first-order valence-corrected chi connectivity index (χ1v) is 4.29. The van der Waals surface area contributed by atoms with Gasteiger partial charge in [-0.15, -0.1) is 0 Å². The van der Waals surface area contributed by atoms with Crippen molar-refractivity contribution in [2.24, 2.45) is 11.7 Å². The molecule has 0 bridgehead atoms. The highest BCUT2D eigenvalue weighted by molar-refractivity contribution is 4.80. The smallest absolute Gasteiger partial charge is 0.0581 e. The van der Waals surface area contributed by atoms with E-state index in [0.717, 1.165) is 25.8 Å². The molecule has 3 N–H and O–H groups in total. The molecule has 66 valence electrons. The lowest BCUT2D eigenvalue weighted by atomic mass is 9.82. The molecule has 1 aliphatic carbocycles. The van der Waals surface area contributed by atoms with Crippen molar-refractivity contribution in [2.45, 2.75) is 25.4 Å². The summed E-state index contributed by atoms with van der Waals surface area (Å²) in [5.74, 6) is 0.689. The van der Waals surface area contributed by atoms with Crippen molar-refractivity contribution in [3.05, 3.63) is 0 Å². The Morgan fingerprint density at radius 1 is 1.45 bits per heavy atom. The van der Waals surface area contributed by atoms with Gasteiger partial charge in [0.25, 0.3) is 0 Å². The maximum absolute atomic E-state index is 8.47. The van der Waals surface area contributed by atoms with Crippen molar-refractivity contribution in [1.29, 1.82) is 0 Å². The molecular formula is C8H17NO2. The fourth-order valence-corrected chi connectivity index (χ4v) is 1.32. The summed E-state index contributed by atoms with van der Waals surface area (Å²) < 4.78 is 5.43. The third-order valence-electron chi connectivity index (χ3n) is 2.18. The van der Waals surface area contributed by atoms with Crippen LogP contribution < -0.4 is 5.73 Å². The van der Waals surface area contributed by atoms with Gasteiger partial charge in [-0.25, -0.2) is 0 Å². The molecule has 0 spiro atoms. The van der Waals surface area contributed by atoms with Crippen molar-refractivity contribution < 1.29 is 9.84 Å². The Morgan fingerprint density at radius 3 is 2.73 bits per heavy atom. The zero-order chi connectivity index (χ0) is 8.10. The quantitative estimate of drug-likeness (QED) is 0.560. The standard InChI is InChI=1S/C8H17NO2/c9-6-7-4-8(5-7)11-3-1-2-10/h7-8,10H,1-6,9H2. The lowest BCUT2D eigenvalue weighted by Crippen LogP contribution is -2.36. The molecule has 0 aromatic heterocycles. The average molecular weight is 159 g/mol. The molecule has 0 atom stereocenters. The molecule has 0 saturated heterocycles. The van der Waals surface area contributed by atoms with Gasteiger partial charge in [-0.1, -0.05) is 0 Å². The van der Waals surface area contributed by atoms with Gasteiger partial charge in [0.05, 0.1) is 6.10 Å². The van der Waals surface area contributed by atoms with Crippen LogP contribution in [0.1, 0.15) is 19.3 Å². The number of aliphatic hydroxyl groups is 1. The summed E-state index contributed by atoms with van der Waals surface area (Å²) in [7, 11) is 0. The predicted octanol–water partition coefficient (Wildman–Crippen LogP) is 0.123. The van der Waals surface area contributed by atoms with E-state index in [4.69, 9.17) is 15.6 Å². The minimum atomic E-state index is 0.229. The highest BCUT2D eigenvalue weighted by Crippen LogP contribution is 2.28. The molecule has 0 aliphatic heterocycles. The predicted molar refractivity (Wildman–Crippen MR) is 43.2 cm³/mol. The maximum atomic E-state index is 8.47. The second kappa shape index (κ2) is 4.70. The van der Waals surface area contributed by atoms with Crippen LogP contribution in [0.2, 0.25) is 0 Å². The average Bonchev–Trinajstić information content (AvgIpc) is 1.94. The van der Waals surface area contributed by atoms with Crippen LogP contribution >= 0.6 is 0 Å². The Hall–Kier alpha value is -0.120. The number of hydrogen-bond donors (Lipinski definition) is 2. The first kappa shape index (κ1) is 8.97. The zero-order valence-corrected chi connectivity index (χ0v) is 6.83. The van der Waals surface area contributed by atoms with E-state index in [0.29, 0.717) is 18.6 Å². The number of nitrogens with two attached hydrogens (primary N) is 1. The second-order valence-corrected chi connectivity index (χ2v) is 3.14. The van der Waals surface area contributed by atoms with E-state index in [1.807, 2.05) is 0 Å². The van der Waals surface area contributed by atoms with Gasteiger partial charge in [0.1, 0.15) is 0 Å². The molecule has 1 aliphatic rings. The topological polar surface area (TPSA) is 55.5 Å². The largest absolute Gasteiger partial charge is 0.396 e. The number of ether oxygens (including phenoxy) is 1. The fraction of sp³-hybridized carbons (Fsp3) is 1.00. The molecule has 3 nitrogen and oxygen atoms in total. The summed E-state index contributed by atoms with van der Waals surface area (Å²) >= 11 is 0. The first-order chi connectivity index (χ1) is 5.36. The molecule has 0 heterocycles. The van der Waals surface area contributed by atoms with Gasteiger partial charge >= 0.3 is 0 Å². The van der Waals surface area contributed by atoms with E-state index < -0.39 is 0 Å². The van der Waals surface area contributed by atoms with Crippen LogP contribution in [-0.2, 0) is 4.74 Å². The van der Waals surface area contributed by atoms with E-state index in [1.54, 1.807) is 0 Å². The number of rotatable bonds is 5. The monoisotopic (exact) mass is 159 g/mol. The fourth-order valence-electron chi connectivity index (χ4n) is 1.32. The Balaban J connectivity index is 1.88. The van der Waals surface area contributed by atoms with Crippen LogP contribution in [0.25, 0.3) is 0 Å². The van der Waals surface area contributed by atoms with Crippen LogP contribution in [0.3, 0.4) is 0 Å². The summed E-state index contributed by atoms with van der Waals surface area (Å²) in [6.07, 6.45) is 3.41. The minimum Gasteiger partial charge on any atom is -0.396 e. The van der Waals surface area contributed by atoms with Crippen LogP contribution in [0, 0.1) is 5.92 Å². The van der Waals surface area contributed by atoms with Crippen LogP contribution in [0.15, 0.2) is 0 Å². The van der Waals surface area contributed by atoms with Crippen molar-refractivity contribution in [2.75, 3.05) is 19.8 Å². The normalized spacial score (nSPS) is 30.0. The van der Waals surface area contributed by atoms with Crippen molar-refractivity contribution >= 4 is 0 Å². The van der Waals surface area contributed by atoms with Gasteiger partial charge in [0, 0.05) is 13.2 Å². The van der Waals surface area contributed by atoms with Gasteiger partial charge in [-0.05, 0) is 31.7 Å². The van der Waals surface area contributed by atoms with Gasteiger partial charge in [0.15, 0.2) is 0 Å². The van der Waals surface area contributed by atoms with Crippen LogP contribution in [-0.4, -0.2) is 31.0 Å². The van der Waals surface area contributed by atoms with E-state index >= 15 is 0 Å². The summed E-state index contributed by atoms with van der Waals surface area (Å²) in [4.78, 5) is 0. The Kier molecular flexibility index (Phi) is 3.83. The zero-order valence-electron chi connectivity index (χ0n) is 6.83. The number of aliphatic hydroxyl groups excluding tert-OH is 1. The van der Waals surface area contributed by atoms with Crippen molar-refractivity contribution in [3.8, 4) is 0 Å². The Labute approximate surface area is 67.5 Å². The lowest BCUT2D eigenvalue weighted by Gasteiger charge is -2.34. The Morgan fingerprint density at radius 2 is 2.18 bits per heavy atom. The Bertz CT molecular complexity index is 102. The van der Waals surface area contributed by atoms with E-state index in [1.165, 1.54) is 0 Å². The highest BCUT2D eigenvalue weighted by Gasteiger charge is 2.27. The molecule has 1 rings (SSSR count). The third kappa shape index (κ3) is 2.77. The molecule has 0 amide bonds. The van der Waals surface area contributed by atoms with Gasteiger partial charge in [-0.3, -0.25) is 0 Å². The molecule has 1 saturated carbocycles. The highest BCUT2D eigenvalue weighted by atomic mass is 16.5. The van der Waals surface area contributed by atoms with Crippen LogP contribution in [0.4, 0.5) is 0 Å². The lowest BCUT2D eigenvalue weighted by molar-refractivity contribution is -0.0318. The van der Waals surface area contributed by atoms with E-state index in [-0.39, 0.29) is 6.61 Å². The summed E-state index contributed by atoms with van der Waals surface area (Å²) in [6, 6.07) is 0. The van der Waals surface area contributed by atoms with Crippen molar-refractivity contribution in [3.63, 3.8) is 0 Å². The molecule has 0 aromatic rings. The van der Waals surface area contributed by atoms with Gasteiger partial charge < -0.3 is 15.6 Å². The SMILES string of the molecule is NCC1CC(OCCCO)C1. The summed E-state index contributed by atoms with van der Waals surface area (Å²) in [5.41, 5.74) is 5.46. The molecular weight excluding hydrogens is 142 g/mol. The van der Waals surface area contributed by atoms with E-state index in [2.05, 4.69) is 0 Å². The molecule has 1 fully saturated rings. The number of hydrogen-bond acceptors (Lipinski definition) is 3. The summed E-state index contributed by atoms with van der Waals surface area (Å²) in [5, 5.41) is 8.47. The van der Waals surface area contributed by atoms with Crippen molar-refractivity contribution in [1.82, 2.24) is 0 Å². The van der Waals surface area contributed by atoms with E-state index in [9.17, 15) is 0 Å². The summed E-state index contributed by atoms with van der Waals surface area (Å²) in [6.45, 7) is 1.71. The molecule has 0 aromatic carbocycles. The maximum Gasteiger partial charge on any atom is 0.0581 e. The second-order valence-electron chi connectivity index (χ2n) is 3.14. The van der Waals surface area contributed by atoms with Gasteiger partial charge in [-0.2, -0.15) is 0 Å². The molecule has 11 heavy (non-hydrogen) atoms. The minimum absolute atomic E-state index is 0.229. The molecule has 0 unspecified atom stereocenters. The van der Waals surface area contributed by atoms with Gasteiger partial charge in [0.2, 0.25) is 0 Å². The third-order valence-corrected chi connectivity index (χ3v) is 2.18. The first-order valence-electron chi connectivity index (χ1n) is 4.29. The molecule has 0 radical (unpaired) electrons. The molecule has 3 heteroatoms. The van der Waals surface area contributed by atoms with Crippen LogP contribution in [0.5, 0.6) is 0 Å².